The normalized spacial score (nSPS) is 17.4. The molecule has 0 unspecified atom stereocenters. The van der Waals surface area contributed by atoms with E-state index in [0.29, 0.717) is 28.7 Å². The highest BCUT2D eigenvalue weighted by Gasteiger charge is 2.32. The molecule has 6 rings (SSSR count). The van der Waals surface area contributed by atoms with Crippen molar-refractivity contribution in [2.45, 2.75) is 38.9 Å². The van der Waals surface area contributed by atoms with Crippen LogP contribution in [0.5, 0.6) is 0 Å². The van der Waals surface area contributed by atoms with Gasteiger partial charge in [-0.15, -0.1) is 0 Å². The first-order valence-electron chi connectivity index (χ1n) is 12.8. The van der Waals surface area contributed by atoms with Gasteiger partial charge in [-0.2, -0.15) is 0 Å². The highest BCUT2D eigenvalue weighted by atomic mass is 28.3. The number of rotatable bonds is 2. The van der Waals surface area contributed by atoms with E-state index in [1.165, 1.54) is 6.07 Å². The molecule has 0 bridgehead atoms. The quantitative estimate of drug-likeness (QED) is 0.200. The molecule has 0 fully saturated rings. The molecule has 1 aliphatic rings. The molecule has 2 nitrogen and oxygen atoms in total. The van der Waals surface area contributed by atoms with Gasteiger partial charge >= 0.3 is 0 Å². The second-order valence-corrected chi connectivity index (χ2v) is 14.8. The van der Waals surface area contributed by atoms with Crippen molar-refractivity contribution in [3.05, 3.63) is 83.8 Å². The monoisotopic (exact) mass is 468 g/mol. The van der Waals surface area contributed by atoms with Crippen molar-refractivity contribution in [1.82, 2.24) is 0 Å². The van der Waals surface area contributed by atoms with Crippen molar-refractivity contribution in [2.75, 3.05) is 0 Å². The molecule has 5 aromatic rings. The Kier molecular flexibility index (Phi) is 4.29. The van der Waals surface area contributed by atoms with E-state index >= 15 is 4.39 Å². The molecular formula is C30H29FNOSi+. The number of furan rings is 1. The maximum absolute atomic E-state index is 15.7. The lowest BCUT2D eigenvalue weighted by atomic mass is 9.94. The summed E-state index contributed by atoms with van der Waals surface area (Å²) in [6.45, 7) is 6.61. The van der Waals surface area contributed by atoms with Gasteiger partial charge in [0, 0.05) is 25.6 Å². The molecule has 3 aromatic carbocycles. The fourth-order valence-corrected chi connectivity index (χ4v) is 7.95. The Morgan fingerprint density at radius 1 is 0.941 bits per heavy atom. The summed E-state index contributed by atoms with van der Waals surface area (Å²) in [4.78, 5) is 0. The van der Waals surface area contributed by atoms with E-state index in [9.17, 15) is 0 Å². The van der Waals surface area contributed by atoms with Gasteiger partial charge in [-0.25, -0.2) is 8.96 Å². The van der Waals surface area contributed by atoms with Crippen LogP contribution in [0, 0.1) is 12.7 Å². The third-order valence-electron chi connectivity index (χ3n) is 7.39. The van der Waals surface area contributed by atoms with E-state index in [2.05, 4.69) is 42.8 Å². The molecule has 0 atom stereocenters. The maximum atomic E-state index is 15.7. The number of nitrogens with zero attached hydrogens (tertiary/aromatic N) is 1. The van der Waals surface area contributed by atoms with E-state index < -0.39 is 14.4 Å². The standard InChI is InChI=1S/C30H29FNOSi/c1-19-13-14-22-23-15-16-24(31)28(21-9-7-12-26-20(21)10-8-18-34(26,3)4)30(23)33-29(22)27(19)25-11-5-6-17-32(25)2/h5-7,9,11-17H,8,10,18H2,1-4H3/q+1/i10D2. The van der Waals surface area contributed by atoms with Gasteiger partial charge in [-0.3, -0.25) is 0 Å². The Hall–Kier alpha value is -3.24. The summed E-state index contributed by atoms with van der Waals surface area (Å²) < 4.78 is 42.2. The van der Waals surface area contributed by atoms with Crippen LogP contribution in [0.3, 0.4) is 0 Å². The zero-order valence-corrected chi connectivity index (χ0v) is 21.0. The van der Waals surface area contributed by atoms with Gasteiger partial charge in [0.25, 0.3) is 0 Å². The van der Waals surface area contributed by atoms with Crippen molar-refractivity contribution >= 4 is 35.2 Å². The molecular weight excluding hydrogens is 437 g/mol. The topological polar surface area (TPSA) is 17.0 Å². The number of benzene rings is 3. The lowest BCUT2D eigenvalue weighted by Crippen LogP contribution is -2.46. The molecule has 0 amide bonds. The first-order chi connectivity index (χ1) is 17.1. The first-order valence-corrected chi connectivity index (χ1v) is 15.0. The predicted molar refractivity (Wildman–Crippen MR) is 141 cm³/mol. The van der Waals surface area contributed by atoms with Crippen LogP contribution in [0.25, 0.3) is 44.3 Å². The average Bonchev–Trinajstić information content (AvgIpc) is 3.21. The number of fused-ring (bicyclic) bond motifs is 4. The van der Waals surface area contributed by atoms with Crippen molar-refractivity contribution in [3.63, 3.8) is 0 Å². The fraction of sp³-hybridized carbons (Fsp3) is 0.233. The zero-order valence-electron chi connectivity index (χ0n) is 22.0. The molecule has 0 aliphatic carbocycles. The SMILES string of the molecule is [2H]C1([2H])CC[Si](C)(C)c2cccc(-c3c(F)ccc4c3oc3c(-c5cccc[n+]5C)c(C)ccc34)c21. The molecule has 0 spiro atoms. The molecule has 3 heterocycles. The molecule has 0 saturated heterocycles. The lowest BCUT2D eigenvalue weighted by Gasteiger charge is -2.32. The summed E-state index contributed by atoms with van der Waals surface area (Å²) in [5.41, 5.74) is 5.89. The summed E-state index contributed by atoms with van der Waals surface area (Å²) in [7, 11) is 0.162. The van der Waals surface area contributed by atoms with Crippen molar-refractivity contribution in [2.24, 2.45) is 7.05 Å². The van der Waals surface area contributed by atoms with Crippen LogP contribution in [0.2, 0.25) is 19.1 Å². The molecule has 0 radical (unpaired) electrons. The van der Waals surface area contributed by atoms with Gasteiger partial charge in [0.1, 0.15) is 24.0 Å². The van der Waals surface area contributed by atoms with Gasteiger partial charge in [0.2, 0.25) is 5.69 Å². The summed E-state index contributed by atoms with van der Waals surface area (Å²) in [6, 6.07) is 20.2. The van der Waals surface area contributed by atoms with Crippen molar-refractivity contribution < 1.29 is 16.1 Å². The summed E-state index contributed by atoms with van der Waals surface area (Å²) >= 11 is 0. The van der Waals surface area contributed by atoms with Crippen LogP contribution < -0.4 is 9.75 Å². The number of aromatic nitrogens is 1. The first kappa shape index (κ1) is 19.1. The van der Waals surface area contributed by atoms with E-state index in [4.69, 9.17) is 7.16 Å². The van der Waals surface area contributed by atoms with Gasteiger partial charge in [-0.05, 0) is 48.2 Å². The third-order valence-corrected chi connectivity index (χ3v) is 10.8. The zero-order chi connectivity index (χ0) is 25.4. The van der Waals surface area contributed by atoms with Crippen molar-refractivity contribution in [3.8, 4) is 22.4 Å². The molecule has 0 saturated carbocycles. The highest BCUT2D eigenvalue weighted by molar-refractivity contribution is 6.90. The maximum Gasteiger partial charge on any atom is 0.216 e. The van der Waals surface area contributed by atoms with E-state index in [1.807, 2.05) is 43.6 Å². The minimum atomic E-state index is -1.84. The molecule has 34 heavy (non-hydrogen) atoms. The van der Waals surface area contributed by atoms with Gasteiger partial charge < -0.3 is 4.42 Å². The minimum Gasteiger partial charge on any atom is -0.454 e. The summed E-state index contributed by atoms with van der Waals surface area (Å²) in [5.74, 6) is -0.389. The Morgan fingerprint density at radius 2 is 1.71 bits per heavy atom. The number of halogens is 1. The number of pyridine rings is 1. The number of aryl methyl sites for hydroxylation is 2. The second-order valence-electron chi connectivity index (χ2n) is 10.0. The van der Waals surface area contributed by atoms with Gasteiger partial charge in [0.15, 0.2) is 6.20 Å². The van der Waals surface area contributed by atoms with Gasteiger partial charge in [-0.1, -0.05) is 61.1 Å². The molecule has 0 N–H and O–H groups in total. The van der Waals surface area contributed by atoms with Crippen LogP contribution in [0.4, 0.5) is 4.39 Å². The average molecular weight is 469 g/mol. The third kappa shape index (κ3) is 3.08. The van der Waals surface area contributed by atoms with Crippen LogP contribution in [-0.2, 0) is 13.4 Å². The smallest absolute Gasteiger partial charge is 0.216 e. The fourth-order valence-electron chi connectivity index (χ4n) is 5.48. The van der Waals surface area contributed by atoms with Crippen LogP contribution >= 0.6 is 0 Å². The molecule has 170 valence electrons. The Bertz CT molecular complexity index is 1690. The summed E-state index contributed by atoms with van der Waals surface area (Å²) in [6.07, 6.45) is 0.946. The Labute approximate surface area is 203 Å². The van der Waals surface area contributed by atoms with Crippen molar-refractivity contribution in [1.29, 1.82) is 0 Å². The van der Waals surface area contributed by atoms with Crippen LogP contribution in [0.1, 0.15) is 20.3 Å². The lowest BCUT2D eigenvalue weighted by molar-refractivity contribution is -0.660. The second kappa shape index (κ2) is 7.64. The molecule has 4 heteroatoms. The van der Waals surface area contributed by atoms with E-state index in [-0.39, 0.29) is 5.82 Å². The molecule has 2 aromatic heterocycles. The predicted octanol–water partition coefficient (Wildman–Crippen LogP) is 7.05. The Balaban J connectivity index is 1.73. The number of hydrogen-bond acceptors (Lipinski definition) is 1. The summed E-state index contributed by atoms with van der Waals surface area (Å²) in [5, 5.41) is 2.85. The number of hydrogen-bond donors (Lipinski definition) is 0. The van der Waals surface area contributed by atoms with Gasteiger partial charge in [0.05, 0.1) is 19.2 Å². The minimum absolute atomic E-state index is 0.358. The molecule has 1 aliphatic heterocycles. The van der Waals surface area contributed by atoms with Crippen LogP contribution in [-0.4, -0.2) is 8.07 Å². The largest absolute Gasteiger partial charge is 0.454 e. The Morgan fingerprint density at radius 3 is 2.50 bits per heavy atom. The van der Waals surface area contributed by atoms with E-state index in [0.717, 1.165) is 44.4 Å². The van der Waals surface area contributed by atoms with Crippen LogP contribution in [0.15, 0.2) is 71.3 Å². The highest BCUT2D eigenvalue weighted by Crippen LogP contribution is 2.43. The van der Waals surface area contributed by atoms with E-state index in [1.54, 1.807) is 6.07 Å².